The van der Waals surface area contributed by atoms with Crippen LogP contribution in [-0.2, 0) is 21.2 Å². The molecule has 11 heteroatoms. The number of amides is 2. The van der Waals surface area contributed by atoms with Gasteiger partial charge in [0.2, 0.25) is 10.0 Å². The van der Waals surface area contributed by atoms with Gasteiger partial charge in [-0.15, -0.1) is 0 Å². The standard InChI is InChI=1S/C32H37ClN4O5S/c33-27-9-11-28(12-10-27)34-32(40)37(29-5-2-1-3-6-29)18-4-17-35-19-15-25(16-20-35)21-24-7-13-30(14-8-24)43(41,42)36-22-26(23-36)31(38)39/h1-3,5-14,25-26H,4,15-23H2,(H,34,40)(H,38,39). The SMILES string of the molecule is O=C(O)C1CN(S(=O)(=O)c2ccc(CC3CCN(CCCN(C(=O)Nc4ccc(Cl)cc4)c4ccccc4)CC3)cc2)C1. The van der Waals surface area contributed by atoms with E-state index in [-0.39, 0.29) is 24.0 Å². The second-order valence-electron chi connectivity index (χ2n) is 11.3. The molecule has 0 saturated carbocycles. The van der Waals surface area contributed by atoms with Crippen LogP contribution >= 0.6 is 11.6 Å². The number of piperidine rings is 1. The minimum atomic E-state index is -3.65. The van der Waals surface area contributed by atoms with Gasteiger partial charge in [-0.3, -0.25) is 9.69 Å². The highest BCUT2D eigenvalue weighted by molar-refractivity contribution is 7.89. The van der Waals surface area contributed by atoms with Crippen LogP contribution in [0, 0.1) is 11.8 Å². The third-order valence-electron chi connectivity index (χ3n) is 8.25. The molecule has 9 nitrogen and oxygen atoms in total. The highest BCUT2D eigenvalue weighted by Crippen LogP contribution is 2.27. The van der Waals surface area contributed by atoms with E-state index in [4.69, 9.17) is 16.7 Å². The highest BCUT2D eigenvalue weighted by atomic mass is 35.5. The predicted molar refractivity (Wildman–Crippen MR) is 168 cm³/mol. The summed E-state index contributed by atoms with van der Waals surface area (Å²) in [5, 5.41) is 12.6. The largest absolute Gasteiger partial charge is 0.481 e. The number of hydrogen-bond acceptors (Lipinski definition) is 5. The van der Waals surface area contributed by atoms with E-state index in [0.717, 1.165) is 56.6 Å². The van der Waals surface area contributed by atoms with Gasteiger partial charge < -0.3 is 15.3 Å². The molecule has 2 N–H and O–H groups in total. The molecular weight excluding hydrogens is 588 g/mol. The van der Waals surface area contributed by atoms with Gasteiger partial charge in [-0.2, -0.15) is 4.31 Å². The first kappa shape index (κ1) is 31.0. The van der Waals surface area contributed by atoms with Crippen molar-refractivity contribution in [1.82, 2.24) is 9.21 Å². The molecule has 2 fully saturated rings. The van der Waals surface area contributed by atoms with Crippen LogP contribution in [0.4, 0.5) is 16.2 Å². The number of nitrogens with zero attached hydrogens (tertiary/aromatic N) is 3. The highest BCUT2D eigenvalue weighted by Gasteiger charge is 2.40. The van der Waals surface area contributed by atoms with E-state index in [1.807, 2.05) is 42.5 Å². The molecule has 2 heterocycles. The smallest absolute Gasteiger partial charge is 0.326 e. The molecule has 2 aliphatic heterocycles. The van der Waals surface area contributed by atoms with Gasteiger partial charge in [0.15, 0.2) is 0 Å². The summed E-state index contributed by atoms with van der Waals surface area (Å²) in [7, 11) is -3.65. The van der Waals surface area contributed by atoms with Crippen molar-refractivity contribution in [3.8, 4) is 0 Å². The molecule has 0 bridgehead atoms. The summed E-state index contributed by atoms with van der Waals surface area (Å²) in [6, 6.07) is 23.6. The maximum atomic E-state index is 13.2. The molecule has 0 atom stereocenters. The number of benzene rings is 3. The summed E-state index contributed by atoms with van der Waals surface area (Å²) in [5.41, 5.74) is 2.65. The fraction of sp³-hybridized carbons (Fsp3) is 0.375. The van der Waals surface area contributed by atoms with Gasteiger partial charge in [0.1, 0.15) is 0 Å². The zero-order chi connectivity index (χ0) is 30.4. The number of likely N-dealkylation sites (tertiary alicyclic amines) is 1. The quantitative estimate of drug-likeness (QED) is 0.294. The average Bonchev–Trinajstić information content (AvgIpc) is 2.97. The van der Waals surface area contributed by atoms with Crippen molar-refractivity contribution in [2.24, 2.45) is 11.8 Å². The van der Waals surface area contributed by atoms with Gasteiger partial charge in [-0.05, 0) is 105 Å². The van der Waals surface area contributed by atoms with Crippen LogP contribution in [0.5, 0.6) is 0 Å². The number of sulfonamides is 1. The van der Waals surface area contributed by atoms with Gasteiger partial charge in [-0.1, -0.05) is 41.9 Å². The van der Waals surface area contributed by atoms with Crippen molar-refractivity contribution in [3.63, 3.8) is 0 Å². The van der Waals surface area contributed by atoms with E-state index in [1.54, 1.807) is 41.3 Å². The summed E-state index contributed by atoms with van der Waals surface area (Å²) in [4.78, 5) is 28.6. The van der Waals surface area contributed by atoms with Crippen molar-refractivity contribution in [1.29, 1.82) is 0 Å². The number of carbonyl (C=O) groups is 2. The Morgan fingerprint density at radius 1 is 0.930 bits per heavy atom. The van der Waals surface area contributed by atoms with Crippen molar-refractivity contribution in [2.75, 3.05) is 49.5 Å². The summed E-state index contributed by atoms with van der Waals surface area (Å²) in [6.07, 6.45) is 3.85. The molecule has 2 saturated heterocycles. The fourth-order valence-electron chi connectivity index (χ4n) is 5.62. The van der Waals surface area contributed by atoms with Gasteiger partial charge in [-0.25, -0.2) is 13.2 Å². The molecule has 0 aromatic heterocycles. The third kappa shape index (κ3) is 7.94. The first-order chi connectivity index (χ1) is 20.7. The molecule has 3 aromatic carbocycles. The third-order valence-corrected chi connectivity index (χ3v) is 10.4. The Morgan fingerprint density at radius 3 is 2.21 bits per heavy atom. The van der Waals surface area contributed by atoms with E-state index in [2.05, 4.69) is 10.2 Å². The minimum absolute atomic E-state index is 0.0267. The van der Waals surface area contributed by atoms with Crippen molar-refractivity contribution in [2.45, 2.75) is 30.6 Å². The van der Waals surface area contributed by atoms with Gasteiger partial charge in [0.05, 0.1) is 10.8 Å². The normalized spacial score (nSPS) is 16.9. The Bertz CT molecular complexity index is 1490. The van der Waals surface area contributed by atoms with Crippen LogP contribution in [0.3, 0.4) is 0 Å². The zero-order valence-electron chi connectivity index (χ0n) is 23.9. The number of carbonyl (C=O) groups excluding carboxylic acids is 1. The molecule has 0 aliphatic carbocycles. The van der Waals surface area contributed by atoms with E-state index in [1.165, 1.54) is 4.31 Å². The molecule has 2 aliphatic rings. The van der Waals surface area contributed by atoms with Gasteiger partial charge in [0, 0.05) is 36.0 Å². The predicted octanol–water partition coefficient (Wildman–Crippen LogP) is 5.43. The number of nitrogens with one attached hydrogen (secondary N) is 1. The Morgan fingerprint density at radius 2 is 1.58 bits per heavy atom. The maximum absolute atomic E-state index is 13.2. The van der Waals surface area contributed by atoms with E-state index >= 15 is 0 Å². The lowest BCUT2D eigenvalue weighted by Gasteiger charge is -2.35. The molecule has 228 valence electrons. The Labute approximate surface area is 258 Å². The molecule has 43 heavy (non-hydrogen) atoms. The number of halogens is 1. The fourth-order valence-corrected chi connectivity index (χ4v) is 7.27. The lowest BCUT2D eigenvalue weighted by molar-refractivity contribution is -0.145. The van der Waals surface area contributed by atoms with Crippen LogP contribution < -0.4 is 10.2 Å². The number of urea groups is 1. The number of carboxylic acid groups (broad SMARTS) is 1. The first-order valence-corrected chi connectivity index (χ1v) is 16.4. The first-order valence-electron chi connectivity index (χ1n) is 14.6. The second kappa shape index (κ2) is 13.9. The van der Waals surface area contributed by atoms with Crippen LogP contribution in [0.2, 0.25) is 5.02 Å². The summed E-state index contributed by atoms with van der Waals surface area (Å²) < 4.78 is 26.7. The number of hydrogen-bond donors (Lipinski definition) is 2. The molecular formula is C32H37ClN4O5S. The number of rotatable bonds is 11. The zero-order valence-corrected chi connectivity index (χ0v) is 25.5. The number of para-hydroxylation sites is 1. The molecule has 0 unspecified atom stereocenters. The van der Waals surface area contributed by atoms with Crippen LogP contribution in [-0.4, -0.2) is 74.0 Å². The van der Waals surface area contributed by atoms with Crippen LogP contribution in [0.15, 0.2) is 83.8 Å². The monoisotopic (exact) mass is 624 g/mol. The number of aliphatic carboxylic acids is 1. The summed E-state index contributed by atoms with van der Waals surface area (Å²) in [6.45, 7) is 3.51. The lowest BCUT2D eigenvalue weighted by Crippen LogP contribution is -2.52. The molecule has 3 aromatic rings. The average molecular weight is 625 g/mol. The second-order valence-corrected chi connectivity index (χ2v) is 13.6. The Balaban J connectivity index is 1.07. The lowest BCUT2D eigenvalue weighted by atomic mass is 9.90. The van der Waals surface area contributed by atoms with Crippen LogP contribution in [0.1, 0.15) is 24.8 Å². The molecule has 2 amide bonds. The van der Waals surface area contributed by atoms with Crippen molar-refractivity contribution < 1.29 is 23.1 Å². The number of carboxylic acids is 1. The van der Waals surface area contributed by atoms with Crippen molar-refractivity contribution in [3.05, 3.63) is 89.4 Å². The molecule has 5 rings (SSSR count). The summed E-state index contributed by atoms with van der Waals surface area (Å²) >= 11 is 5.98. The molecule has 0 spiro atoms. The van der Waals surface area contributed by atoms with E-state index < -0.39 is 21.9 Å². The van der Waals surface area contributed by atoms with Crippen molar-refractivity contribution >= 4 is 45.0 Å². The van der Waals surface area contributed by atoms with Gasteiger partial charge in [0.25, 0.3) is 0 Å². The Hall–Kier alpha value is -3.44. The maximum Gasteiger partial charge on any atom is 0.326 e. The van der Waals surface area contributed by atoms with Crippen LogP contribution in [0.25, 0.3) is 0 Å². The van der Waals surface area contributed by atoms with Gasteiger partial charge >= 0.3 is 12.0 Å². The molecule has 0 radical (unpaired) electrons. The van der Waals surface area contributed by atoms with E-state index in [0.29, 0.717) is 23.2 Å². The summed E-state index contributed by atoms with van der Waals surface area (Å²) in [5.74, 6) is -1.06. The topological polar surface area (TPSA) is 110 Å². The minimum Gasteiger partial charge on any atom is -0.481 e. The Kier molecular flexibility index (Phi) is 10.0. The van der Waals surface area contributed by atoms with E-state index in [9.17, 15) is 18.0 Å². The number of anilines is 2.